The fourth-order valence-electron chi connectivity index (χ4n) is 2.41. The third-order valence-corrected chi connectivity index (χ3v) is 4.44. The van der Waals surface area contributed by atoms with Crippen LogP contribution in [0.5, 0.6) is 0 Å². The maximum atomic E-state index is 5.96. The van der Waals surface area contributed by atoms with E-state index >= 15 is 0 Å². The Labute approximate surface area is 101 Å². The van der Waals surface area contributed by atoms with E-state index in [2.05, 4.69) is 15.9 Å². The van der Waals surface area contributed by atoms with E-state index in [9.17, 15) is 0 Å². The Balaban J connectivity index is 1.67. The standard InChI is InChI=1S/C12H21BrO2/c13-11-6-1-2-7-12(11)15-9-10-5-3-4-8-14-10/h10-12H,1-9H2. The molecule has 1 saturated carbocycles. The number of hydrogen-bond donors (Lipinski definition) is 0. The van der Waals surface area contributed by atoms with E-state index in [-0.39, 0.29) is 0 Å². The Kier molecular flexibility index (Phi) is 4.92. The fourth-order valence-corrected chi connectivity index (χ4v) is 3.15. The first-order valence-electron chi connectivity index (χ1n) is 6.23. The Hall–Kier alpha value is 0.400. The summed E-state index contributed by atoms with van der Waals surface area (Å²) in [6.45, 7) is 1.73. The summed E-state index contributed by atoms with van der Waals surface area (Å²) in [4.78, 5) is 0.565. The third-order valence-electron chi connectivity index (χ3n) is 3.39. The van der Waals surface area contributed by atoms with Crippen molar-refractivity contribution in [2.45, 2.75) is 62.0 Å². The number of ether oxygens (including phenoxy) is 2. The van der Waals surface area contributed by atoms with Gasteiger partial charge in [-0.15, -0.1) is 0 Å². The van der Waals surface area contributed by atoms with E-state index in [1.807, 2.05) is 0 Å². The molecule has 1 saturated heterocycles. The molecule has 3 unspecified atom stereocenters. The van der Waals surface area contributed by atoms with E-state index < -0.39 is 0 Å². The summed E-state index contributed by atoms with van der Waals surface area (Å²) in [6, 6.07) is 0. The van der Waals surface area contributed by atoms with Crippen molar-refractivity contribution in [2.24, 2.45) is 0 Å². The molecule has 2 rings (SSSR count). The van der Waals surface area contributed by atoms with Crippen LogP contribution in [-0.2, 0) is 9.47 Å². The largest absolute Gasteiger partial charge is 0.376 e. The molecule has 2 nitrogen and oxygen atoms in total. The lowest BCUT2D eigenvalue weighted by molar-refractivity contribution is -0.0677. The first-order valence-corrected chi connectivity index (χ1v) is 7.15. The van der Waals surface area contributed by atoms with Crippen molar-refractivity contribution in [1.82, 2.24) is 0 Å². The highest BCUT2D eigenvalue weighted by atomic mass is 79.9. The minimum atomic E-state index is 0.361. The van der Waals surface area contributed by atoms with Gasteiger partial charge in [-0.25, -0.2) is 0 Å². The lowest BCUT2D eigenvalue weighted by atomic mass is 9.97. The van der Waals surface area contributed by atoms with Crippen molar-refractivity contribution in [3.8, 4) is 0 Å². The minimum absolute atomic E-state index is 0.361. The quantitative estimate of drug-likeness (QED) is 0.737. The van der Waals surface area contributed by atoms with Gasteiger partial charge in [-0.2, -0.15) is 0 Å². The highest BCUT2D eigenvalue weighted by molar-refractivity contribution is 9.09. The van der Waals surface area contributed by atoms with E-state index in [1.165, 1.54) is 44.9 Å². The van der Waals surface area contributed by atoms with Crippen LogP contribution < -0.4 is 0 Å². The number of hydrogen-bond acceptors (Lipinski definition) is 2. The number of rotatable bonds is 3. The molecule has 0 radical (unpaired) electrons. The van der Waals surface area contributed by atoms with E-state index in [4.69, 9.17) is 9.47 Å². The molecule has 0 N–H and O–H groups in total. The average Bonchev–Trinajstić information content (AvgIpc) is 2.29. The topological polar surface area (TPSA) is 18.5 Å². The molecule has 3 heteroatoms. The SMILES string of the molecule is BrC1CCCCC1OCC1CCCCO1. The highest BCUT2D eigenvalue weighted by Gasteiger charge is 2.24. The summed E-state index contributed by atoms with van der Waals surface area (Å²) >= 11 is 3.71. The fraction of sp³-hybridized carbons (Fsp3) is 1.00. The molecular weight excluding hydrogens is 256 g/mol. The molecule has 0 aromatic carbocycles. The molecule has 0 spiro atoms. The van der Waals surface area contributed by atoms with Crippen LogP contribution in [0.3, 0.4) is 0 Å². The van der Waals surface area contributed by atoms with Crippen molar-refractivity contribution in [3.63, 3.8) is 0 Å². The summed E-state index contributed by atoms with van der Waals surface area (Å²) in [5.74, 6) is 0. The molecule has 88 valence electrons. The highest BCUT2D eigenvalue weighted by Crippen LogP contribution is 2.27. The van der Waals surface area contributed by atoms with Crippen LogP contribution in [0.2, 0.25) is 0 Å². The first-order chi connectivity index (χ1) is 7.36. The van der Waals surface area contributed by atoms with Crippen LogP contribution in [0.15, 0.2) is 0 Å². The Morgan fingerprint density at radius 1 is 1.07 bits per heavy atom. The molecule has 3 atom stereocenters. The Morgan fingerprint density at radius 3 is 2.60 bits per heavy atom. The number of halogens is 1. The molecule has 2 aliphatic rings. The van der Waals surface area contributed by atoms with Crippen molar-refractivity contribution < 1.29 is 9.47 Å². The lowest BCUT2D eigenvalue weighted by Crippen LogP contribution is -2.33. The third kappa shape index (κ3) is 3.72. The van der Waals surface area contributed by atoms with Crippen molar-refractivity contribution in [2.75, 3.05) is 13.2 Å². The van der Waals surface area contributed by atoms with Crippen LogP contribution in [0.1, 0.15) is 44.9 Å². The van der Waals surface area contributed by atoms with Gasteiger partial charge in [0.05, 0.1) is 18.8 Å². The van der Waals surface area contributed by atoms with E-state index in [0.717, 1.165) is 13.2 Å². The molecule has 0 amide bonds. The Morgan fingerprint density at radius 2 is 1.87 bits per heavy atom. The lowest BCUT2D eigenvalue weighted by Gasteiger charge is -2.30. The second-order valence-electron chi connectivity index (χ2n) is 4.66. The number of alkyl halides is 1. The smallest absolute Gasteiger partial charge is 0.0808 e. The summed E-state index contributed by atoms with van der Waals surface area (Å²) in [5.41, 5.74) is 0. The van der Waals surface area contributed by atoms with Gasteiger partial charge < -0.3 is 9.47 Å². The molecule has 1 heterocycles. The maximum absolute atomic E-state index is 5.96. The molecule has 15 heavy (non-hydrogen) atoms. The molecule has 1 aliphatic heterocycles. The second-order valence-corrected chi connectivity index (χ2v) is 5.84. The Bertz CT molecular complexity index is 180. The van der Waals surface area contributed by atoms with Gasteiger partial charge in [0.1, 0.15) is 0 Å². The molecule has 0 aromatic rings. The monoisotopic (exact) mass is 276 g/mol. The van der Waals surface area contributed by atoms with Crippen molar-refractivity contribution in [1.29, 1.82) is 0 Å². The summed E-state index contributed by atoms with van der Waals surface area (Å²) < 4.78 is 11.6. The second kappa shape index (κ2) is 6.21. The first kappa shape index (κ1) is 11.9. The van der Waals surface area contributed by atoms with Crippen LogP contribution in [0.25, 0.3) is 0 Å². The summed E-state index contributed by atoms with van der Waals surface area (Å²) in [5, 5.41) is 0. The average molecular weight is 277 g/mol. The molecule has 1 aliphatic carbocycles. The summed E-state index contributed by atoms with van der Waals surface area (Å²) in [7, 11) is 0. The van der Waals surface area contributed by atoms with Gasteiger partial charge >= 0.3 is 0 Å². The molecular formula is C12H21BrO2. The van der Waals surface area contributed by atoms with Crippen LogP contribution >= 0.6 is 15.9 Å². The molecule has 2 fully saturated rings. The maximum Gasteiger partial charge on any atom is 0.0808 e. The van der Waals surface area contributed by atoms with Gasteiger partial charge in [0, 0.05) is 11.4 Å². The van der Waals surface area contributed by atoms with Gasteiger partial charge in [0.2, 0.25) is 0 Å². The van der Waals surface area contributed by atoms with Crippen molar-refractivity contribution in [3.05, 3.63) is 0 Å². The van der Waals surface area contributed by atoms with Gasteiger partial charge in [-0.05, 0) is 32.1 Å². The van der Waals surface area contributed by atoms with Gasteiger partial charge in [-0.3, -0.25) is 0 Å². The van der Waals surface area contributed by atoms with E-state index in [0.29, 0.717) is 17.0 Å². The van der Waals surface area contributed by atoms with Crippen LogP contribution in [-0.4, -0.2) is 30.2 Å². The van der Waals surface area contributed by atoms with Gasteiger partial charge in [0.15, 0.2) is 0 Å². The van der Waals surface area contributed by atoms with Crippen molar-refractivity contribution >= 4 is 15.9 Å². The molecule has 0 aromatic heterocycles. The summed E-state index contributed by atoms with van der Waals surface area (Å²) in [6.07, 6.45) is 9.62. The predicted octanol–water partition coefficient (Wildman–Crippen LogP) is 3.28. The minimum Gasteiger partial charge on any atom is -0.376 e. The predicted molar refractivity (Wildman–Crippen MR) is 64.5 cm³/mol. The molecule has 0 bridgehead atoms. The van der Waals surface area contributed by atoms with Gasteiger partial charge in [0.25, 0.3) is 0 Å². The zero-order valence-corrected chi connectivity index (χ0v) is 10.9. The van der Waals surface area contributed by atoms with E-state index in [1.54, 1.807) is 0 Å². The van der Waals surface area contributed by atoms with Crippen LogP contribution in [0, 0.1) is 0 Å². The van der Waals surface area contributed by atoms with Crippen LogP contribution in [0.4, 0.5) is 0 Å². The zero-order chi connectivity index (χ0) is 10.5. The zero-order valence-electron chi connectivity index (χ0n) is 9.29. The van der Waals surface area contributed by atoms with Gasteiger partial charge in [-0.1, -0.05) is 28.8 Å². The normalized spacial score (nSPS) is 37.8.